The molecule has 0 radical (unpaired) electrons. The Morgan fingerprint density at radius 2 is 1.88 bits per heavy atom. The predicted octanol–water partition coefficient (Wildman–Crippen LogP) is 4.87. The first kappa shape index (κ1) is 15.6. The molecule has 2 atom stereocenters. The van der Waals surface area contributed by atoms with Crippen molar-refractivity contribution in [1.29, 1.82) is 0 Å². The van der Waals surface area contributed by atoms with Crippen molar-refractivity contribution in [3.05, 3.63) is 76.3 Å². The van der Waals surface area contributed by atoms with Crippen LogP contribution in [0, 0.1) is 12.8 Å². The number of hydrogen-bond donors (Lipinski definition) is 1. The van der Waals surface area contributed by atoms with Gasteiger partial charge in [-0.15, -0.1) is 10.2 Å². The standard InChI is InChI=1S/C21H18ClN3O/c1-12-23-24-21-17-8-4-14(17)10-18(13-2-5-15(22)6-3-13)19-11-16(26)7-9-20(19)25(12)21/h2-3,5-7,9-11,14,17,26H,4,8H2,1H3. The van der Waals surface area contributed by atoms with Gasteiger partial charge in [-0.05, 0) is 67.2 Å². The average Bonchev–Trinajstić information content (AvgIpc) is 2.96. The van der Waals surface area contributed by atoms with E-state index in [-0.39, 0.29) is 5.75 Å². The molecule has 2 aliphatic rings. The van der Waals surface area contributed by atoms with Gasteiger partial charge in [-0.25, -0.2) is 0 Å². The van der Waals surface area contributed by atoms with Crippen molar-refractivity contribution in [2.45, 2.75) is 25.7 Å². The third-order valence-corrected chi connectivity index (χ3v) is 5.81. The molecular formula is C21H18ClN3O. The Hall–Kier alpha value is -2.59. The Kier molecular flexibility index (Phi) is 3.44. The Labute approximate surface area is 156 Å². The predicted molar refractivity (Wildman–Crippen MR) is 102 cm³/mol. The van der Waals surface area contributed by atoms with Gasteiger partial charge in [-0.1, -0.05) is 29.8 Å². The van der Waals surface area contributed by atoms with Crippen LogP contribution in [0.3, 0.4) is 0 Å². The van der Waals surface area contributed by atoms with Crippen molar-refractivity contribution in [2.24, 2.45) is 5.92 Å². The van der Waals surface area contributed by atoms with Gasteiger partial charge in [0.05, 0.1) is 5.69 Å². The zero-order valence-corrected chi connectivity index (χ0v) is 15.1. The molecule has 0 saturated heterocycles. The molecule has 1 aliphatic heterocycles. The lowest BCUT2D eigenvalue weighted by Gasteiger charge is -2.36. The fourth-order valence-corrected chi connectivity index (χ4v) is 4.21. The van der Waals surface area contributed by atoms with Crippen LogP contribution in [-0.2, 0) is 0 Å². The van der Waals surface area contributed by atoms with Gasteiger partial charge in [0.2, 0.25) is 0 Å². The number of benzene rings is 2. The van der Waals surface area contributed by atoms with Crippen LogP contribution in [0.5, 0.6) is 5.75 Å². The smallest absolute Gasteiger partial charge is 0.141 e. The molecule has 1 N–H and O–H groups in total. The van der Waals surface area contributed by atoms with Crippen molar-refractivity contribution in [1.82, 2.24) is 14.8 Å². The largest absolute Gasteiger partial charge is 0.508 e. The minimum Gasteiger partial charge on any atom is -0.508 e. The normalized spacial score (nSPS) is 20.8. The highest BCUT2D eigenvalue weighted by Crippen LogP contribution is 2.48. The molecule has 130 valence electrons. The molecule has 2 aromatic carbocycles. The van der Waals surface area contributed by atoms with E-state index in [2.05, 4.69) is 20.8 Å². The van der Waals surface area contributed by atoms with Gasteiger partial charge in [0.25, 0.3) is 0 Å². The van der Waals surface area contributed by atoms with E-state index in [0.717, 1.165) is 51.9 Å². The average molecular weight is 364 g/mol. The lowest BCUT2D eigenvalue weighted by molar-refractivity contribution is 0.299. The Bertz CT molecular complexity index is 1040. The molecule has 1 fully saturated rings. The number of halogens is 1. The van der Waals surface area contributed by atoms with Crippen LogP contribution in [0.2, 0.25) is 5.02 Å². The van der Waals surface area contributed by atoms with Gasteiger partial charge < -0.3 is 5.11 Å². The summed E-state index contributed by atoms with van der Waals surface area (Å²) in [6.07, 6.45) is 4.60. The van der Waals surface area contributed by atoms with E-state index in [9.17, 15) is 5.11 Å². The number of hydrogen-bond acceptors (Lipinski definition) is 3. The molecule has 1 aliphatic carbocycles. The molecular weight excluding hydrogens is 346 g/mol. The van der Waals surface area contributed by atoms with Crippen LogP contribution in [-0.4, -0.2) is 19.9 Å². The van der Waals surface area contributed by atoms with Crippen molar-refractivity contribution in [3.63, 3.8) is 0 Å². The highest BCUT2D eigenvalue weighted by Gasteiger charge is 2.37. The van der Waals surface area contributed by atoms with Crippen LogP contribution in [0.1, 0.15) is 41.5 Å². The third kappa shape index (κ3) is 2.29. The number of aromatic nitrogens is 3. The van der Waals surface area contributed by atoms with E-state index in [1.54, 1.807) is 6.07 Å². The lowest BCUT2D eigenvalue weighted by Crippen LogP contribution is -2.27. The van der Waals surface area contributed by atoms with Gasteiger partial charge in [-0.2, -0.15) is 0 Å². The maximum atomic E-state index is 10.2. The second-order valence-electron chi connectivity index (χ2n) is 7.08. The van der Waals surface area contributed by atoms with Gasteiger partial charge >= 0.3 is 0 Å². The van der Waals surface area contributed by atoms with Crippen molar-refractivity contribution in [2.75, 3.05) is 0 Å². The zero-order valence-electron chi connectivity index (χ0n) is 14.4. The van der Waals surface area contributed by atoms with Crippen LogP contribution in [0.25, 0.3) is 11.3 Å². The van der Waals surface area contributed by atoms with Gasteiger partial charge in [0.1, 0.15) is 17.4 Å². The summed E-state index contributed by atoms with van der Waals surface area (Å²) >= 11 is 6.09. The van der Waals surface area contributed by atoms with Crippen LogP contribution in [0.15, 0.2) is 48.5 Å². The molecule has 2 unspecified atom stereocenters. The third-order valence-electron chi connectivity index (χ3n) is 5.56. The molecule has 3 aromatic rings. The van der Waals surface area contributed by atoms with E-state index >= 15 is 0 Å². The summed E-state index contributed by atoms with van der Waals surface area (Å²) in [4.78, 5) is 0. The number of allylic oxidation sites excluding steroid dienone is 1. The molecule has 5 heteroatoms. The first-order valence-electron chi connectivity index (χ1n) is 8.85. The summed E-state index contributed by atoms with van der Waals surface area (Å²) in [5.41, 5.74) is 4.22. The minimum absolute atomic E-state index is 0.252. The quantitative estimate of drug-likeness (QED) is 0.670. The Balaban J connectivity index is 1.81. The summed E-state index contributed by atoms with van der Waals surface area (Å²) in [7, 11) is 0. The number of phenolic OH excluding ortho intramolecular Hbond substituents is 1. The number of aryl methyl sites for hydroxylation is 1. The van der Waals surface area contributed by atoms with Gasteiger partial charge in [0, 0.05) is 16.5 Å². The summed E-state index contributed by atoms with van der Waals surface area (Å²) in [6, 6.07) is 13.4. The fourth-order valence-electron chi connectivity index (χ4n) is 4.08. The number of nitrogens with zero attached hydrogens (tertiary/aromatic N) is 3. The highest BCUT2D eigenvalue weighted by atomic mass is 35.5. The number of aromatic hydroxyl groups is 1. The second kappa shape index (κ2) is 5.71. The molecule has 0 bridgehead atoms. The minimum atomic E-state index is 0.252. The molecule has 0 spiro atoms. The lowest BCUT2D eigenvalue weighted by atomic mass is 9.70. The highest BCUT2D eigenvalue weighted by molar-refractivity contribution is 6.30. The van der Waals surface area contributed by atoms with Crippen molar-refractivity contribution < 1.29 is 5.11 Å². The summed E-state index contributed by atoms with van der Waals surface area (Å²) in [5, 5.41) is 19.7. The Morgan fingerprint density at radius 3 is 2.62 bits per heavy atom. The van der Waals surface area contributed by atoms with Crippen LogP contribution < -0.4 is 0 Å². The first-order valence-corrected chi connectivity index (χ1v) is 9.23. The van der Waals surface area contributed by atoms with Crippen LogP contribution >= 0.6 is 11.6 Å². The van der Waals surface area contributed by atoms with Crippen LogP contribution in [0.4, 0.5) is 0 Å². The SMILES string of the molecule is Cc1nnc2n1-c1ccc(O)cc1C(c1ccc(Cl)cc1)=CC1CCC21. The van der Waals surface area contributed by atoms with Gasteiger partial charge in [-0.3, -0.25) is 4.57 Å². The molecule has 2 heterocycles. The topological polar surface area (TPSA) is 50.9 Å². The second-order valence-corrected chi connectivity index (χ2v) is 7.51. The summed E-state index contributed by atoms with van der Waals surface area (Å²) in [5.74, 6) is 2.97. The van der Waals surface area contributed by atoms with E-state index < -0.39 is 0 Å². The molecule has 5 rings (SSSR count). The van der Waals surface area contributed by atoms with Crippen molar-refractivity contribution >= 4 is 17.2 Å². The zero-order chi connectivity index (χ0) is 17.8. The monoisotopic (exact) mass is 363 g/mol. The summed E-state index contributed by atoms with van der Waals surface area (Å²) < 4.78 is 2.15. The Morgan fingerprint density at radius 1 is 1.08 bits per heavy atom. The molecule has 4 nitrogen and oxygen atoms in total. The number of rotatable bonds is 1. The molecule has 0 amide bonds. The number of fused-ring (bicyclic) bond motifs is 5. The van der Waals surface area contributed by atoms with Gasteiger partial charge in [0.15, 0.2) is 0 Å². The number of phenols is 1. The first-order chi connectivity index (χ1) is 12.6. The molecule has 1 saturated carbocycles. The van der Waals surface area contributed by atoms with Crippen molar-refractivity contribution in [3.8, 4) is 11.4 Å². The van der Waals surface area contributed by atoms with E-state index in [0.29, 0.717) is 11.8 Å². The van der Waals surface area contributed by atoms with E-state index in [4.69, 9.17) is 11.6 Å². The maximum Gasteiger partial charge on any atom is 0.141 e. The molecule has 26 heavy (non-hydrogen) atoms. The maximum absolute atomic E-state index is 10.2. The van der Waals surface area contributed by atoms with E-state index in [1.165, 1.54) is 0 Å². The molecule has 1 aromatic heterocycles. The summed E-state index contributed by atoms with van der Waals surface area (Å²) in [6.45, 7) is 1.98. The fraction of sp³-hybridized carbons (Fsp3) is 0.238. The van der Waals surface area contributed by atoms with E-state index in [1.807, 2.05) is 43.3 Å².